The maximum Gasteiger partial charge on any atom is 0.0221 e. The predicted molar refractivity (Wildman–Crippen MR) is 84.6 cm³/mol. The molecular formula is C18H28N2. The van der Waals surface area contributed by atoms with E-state index in [9.17, 15) is 0 Å². The topological polar surface area (TPSA) is 29.3 Å². The number of hydrogen-bond donors (Lipinski definition) is 1. The molecule has 0 heterocycles. The van der Waals surface area contributed by atoms with E-state index in [1.54, 1.807) is 0 Å². The van der Waals surface area contributed by atoms with E-state index < -0.39 is 0 Å². The van der Waals surface area contributed by atoms with Crippen molar-refractivity contribution in [2.75, 3.05) is 19.6 Å². The Labute approximate surface area is 123 Å². The van der Waals surface area contributed by atoms with Crippen LogP contribution in [0.4, 0.5) is 0 Å². The molecule has 1 aromatic rings. The summed E-state index contributed by atoms with van der Waals surface area (Å²) in [4.78, 5) is 2.72. The molecular weight excluding hydrogens is 244 g/mol. The summed E-state index contributed by atoms with van der Waals surface area (Å²) in [5.41, 5.74) is 7.54. The summed E-state index contributed by atoms with van der Waals surface area (Å²) < 4.78 is 0. The summed E-state index contributed by atoms with van der Waals surface area (Å²) in [6.45, 7) is 3.41. The first-order valence-electron chi connectivity index (χ1n) is 8.33. The van der Waals surface area contributed by atoms with E-state index in [0.29, 0.717) is 6.04 Å². The van der Waals surface area contributed by atoms with E-state index >= 15 is 0 Å². The molecule has 1 atom stereocenters. The fourth-order valence-corrected chi connectivity index (χ4v) is 3.06. The average Bonchev–Trinajstić information content (AvgIpc) is 3.36. The van der Waals surface area contributed by atoms with Crippen LogP contribution in [0.3, 0.4) is 0 Å². The normalized spacial score (nSPS) is 20.3. The lowest BCUT2D eigenvalue weighted by atomic mass is 10.0. The Balaban J connectivity index is 1.53. The smallest absolute Gasteiger partial charge is 0.0221 e. The first kappa shape index (κ1) is 14.1. The molecule has 3 rings (SSSR count). The third kappa shape index (κ3) is 4.32. The third-order valence-electron chi connectivity index (χ3n) is 4.78. The molecule has 2 saturated carbocycles. The Hall–Kier alpha value is -0.860. The fourth-order valence-electron chi connectivity index (χ4n) is 3.06. The Bertz CT molecular complexity index is 381. The maximum atomic E-state index is 6.09. The summed E-state index contributed by atoms with van der Waals surface area (Å²) in [6.07, 6.45) is 8.14. The quantitative estimate of drug-likeness (QED) is 0.748. The molecule has 110 valence electrons. The zero-order chi connectivity index (χ0) is 13.8. The van der Waals surface area contributed by atoms with E-state index in [0.717, 1.165) is 24.8 Å². The van der Waals surface area contributed by atoms with Gasteiger partial charge in [-0.1, -0.05) is 30.3 Å². The number of rotatable bonds is 9. The molecule has 0 bridgehead atoms. The van der Waals surface area contributed by atoms with E-state index in [-0.39, 0.29) is 0 Å². The van der Waals surface area contributed by atoms with Gasteiger partial charge in [0.05, 0.1) is 0 Å². The summed E-state index contributed by atoms with van der Waals surface area (Å²) in [5, 5.41) is 0. The van der Waals surface area contributed by atoms with Gasteiger partial charge in [-0.3, -0.25) is 4.90 Å². The number of aryl methyl sites for hydroxylation is 1. The lowest BCUT2D eigenvalue weighted by molar-refractivity contribution is 0.175. The summed E-state index contributed by atoms with van der Waals surface area (Å²) in [5.74, 6) is 1.94. The van der Waals surface area contributed by atoms with E-state index in [1.807, 2.05) is 0 Å². The molecule has 2 fully saturated rings. The van der Waals surface area contributed by atoms with Gasteiger partial charge in [-0.25, -0.2) is 0 Å². The third-order valence-corrected chi connectivity index (χ3v) is 4.78. The first-order valence-corrected chi connectivity index (χ1v) is 8.33. The van der Waals surface area contributed by atoms with Gasteiger partial charge in [0.2, 0.25) is 0 Å². The second kappa shape index (κ2) is 6.73. The largest absolute Gasteiger partial charge is 0.329 e. The molecule has 0 spiro atoms. The molecule has 0 saturated heterocycles. The lowest BCUT2D eigenvalue weighted by Crippen LogP contribution is -2.43. The van der Waals surface area contributed by atoms with Gasteiger partial charge in [0.25, 0.3) is 0 Å². The van der Waals surface area contributed by atoms with Gasteiger partial charge >= 0.3 is 0 Å². The highest BCUT2D eigenvalue weighted by atomic mass is 15.2. The van der Waals surface area contributed by atoms with Crippen molar-refractivity contribution in [3.05, 3.63) is 35.9 Å². The van der Waals surface area contributed by atoms with E-state index in [4.69, 9.17) is 5.73 Å². The number of benzene rings is 1. The van der Waals surface area contributed by atoms with Crippen molar-refractivity contribution in [2.45, 2.75) is 44.6 Å². The second-order valence-electron chi connectivity index (χ2n) is 6.75. The van der Waals surface area contributed by atoms with Crippen LogP contribution >= 0.6 is 0 Å². The van der Waals surface area contributed by atoms with Crippen LogP contribution in [0.2, 0.25) is 0 Å². The van der Waals surface area contributed by atoms with Crippen LogP contribution in [0, 0.1) is 11.8 Å². The Kier molecular flexibility index (Phi) is 4.74. The zero-order valence-corrected chi connectivity index (χ0v) is 12.5. The number of nitrogens with zero attached hydrogens (tertiary/aromatic N) is 1. The van der Waals surface area contributed by atoms with Crippen LogP contribution in [0.1, 0.15) is 37.7 Å². The van der Waals surface area contributed by atoms with Crippen LogP contribution in [0.25, 0.3) is 0 Å². The van der Waals surface area contributed by atoms with Gasteiger partial charge in [0, 0.05) is 25.7 Å². The minimum absolute atomic E-state index is 0.580. The van der Waals surface area contributed by atoms with Gasteiger partial charge in [-0.2, -0.15) is 0 Å². The minimum Gasteiger partial charge on any atom is -0.329 e. The van der Waals surface area contributed by atoms with Gasteiger partial charge in [0.15, 0.2) is 0 Å². The van der Waals surface area contributed by atoms with Crippen LogP contribution in [-0.4, -0.2) is 30.6 Å². The fraction of sp³-hybridized carbons (Fsp3) is 0.667. The molecule has 2 aliphatic rings. The SMILES string of the molecule is NCC(CCc1ccccc1)N(CC1CC1)CC1CC1. The molecule has 0 aromatic heterocycles. The van der Waals surface area contributed by atoms with Gasteiger partial charge < -0.3 is 5.73 Å². The minimum atomic E-state index is 0.580. The molecule has 1 unspecified atom stereocenters. The van der Waals surface area contributed by atoms with Crippen LogP contribution in [-0.2, 0) is 6.42 Å². The molecule has 0 amide bonds. The zero-order valence-electron chi connectivity index (χ0n) is 12.5. The number of hydrogen-bond acceptors (Lipinski definition) is 2. The van der Waals surface area contributed by atoms with Crippen molar-refractivity contribution < 1.29 is 0 Å². The molecule has 1 aromatic carbocycles. The molecule has 0 radical (unpaired) electrons. The van der Waals surface area contributed by atoms with Crippen molar-refractivity contribution in [3.63, 3.8) is 0 Å². The van der Waals surface area contributed by atoms with Crippen LogP contribution in [0.5, 0.6) is 0 Å². The van der Waals surface area contributed by atoms with Crippen molar-refractivity contribution in [2.24, 2.45) is 17.6 Å². The van der Waals surface area contributed by atoms with Crippen LogP contribution < -0.4 is 5.73 Å². The van der Waals surface area contributed by atoms with Crippen molar-refractivity contribution in [1.29, 1.82) is 0 Å². The average molecular weight is 272 g/mol. The van der Waals surface area contributed by atoms with Crippen molar-refractivity contribution in [3.8, 4) is 0 Å². The molecule has 0 aliphatic heterocycles. The van der Waals surface area contributed by atoms with Crippen molar-refractivity contribution >= 4 is 0 Å². The number of nitrogens with two attached hydrogens (primary N) is 1. The summed E-state index contributed by atoms with van der Waals surface area (Å²) in [6, 6.07) is 11.4. The van der Waals surface area contributed by atoms with Gasteiger partial charge in [-0.05, 0) is 55.9 Å². The van der Waals surface area contributed by atoms with Crippen molar-refractivity contribution in [1.82, 2.24) is 4.90 Å². The molecule has 2 heteroatoms. The Morgan fingerprint density at radius 2 is 1.60 bits per heavy atom. The van der Waals surface area contributed by atoms with Gasteiger partial charge in [-0.15, -0.1) is 0 Å². The second-order valence-corrected chi connectivity index (χ2v) is 6.75. The Morgan fingerprint density at radius 3 is 2.10 bits per heavy atom. The summed E-state index contributed by atoms with van der Waals surface area (Å²) in [7, 11) is 0. The molecule has 20 heavy (non-hydrogen) atoms. The molecule has 2 aliphatic carbocycles. The molecule has 2 nitrogen and oxygen atoms in total. The van der Waals surface area contributed by atoms with Gasteiger partial charge in [0.1, 0.15) is 0 Å². The lowest BCUT2D eigenvalue weighted by Gasteiger charge is -2.31. The predicted octanol–water partition coefficient (Wildman–Crippen LogP) is 3.07. The highest BCUT2D eigenvalue weighted by Crippen LogP contribution is 2.34. The van der Waals surface area contributed by atoms with E-state index in [2.05, 4.69) is 35.2 Å². The highest BCUT2D eigenvalue weighted by molar-refractivity contribution is 5.14. The molecule has 2 N–H and O–H groups in total. The monoisotopic (exact) mass is 272 g/mol. The standard InChI is InChI=1S/C18H28N2/c19-12-18(11-10-15-4-2-1-3-5-15)20(13-16-6-7-16)14-17-8-9-17/h1-5,16-18H,6-14,19H2. The first-order chi connectivity index (χ1) is 9.85. The van der Waals surface area contributed by atoms with E-state index in [1.165, 1.54) is 50.8 Å². The maximum absolute atomic E-state index is 6.09. The highest BCUT2D eigenvalue weighted by Gasteiger charge is 2.31. The summed E-state index contributed by atoms with van der Waals surface area (Å²) >= 11 is 0. The van der Waals surface area contributed by atoms with Crippen LogP contribution in [0.15, 0.2) is 30.3 Å². The Morgan fingerprint density at radius 1 is 1.00 bits per heavy atom.